The number of hydrogen-bond acceptors (Lipinski definition) is 2. The van der Waals surface area contributed by atoms with Gasteiger partial charge in [-0.3, -0.25) is 4.68 Å². The zero-order chi connectivity index (χ0) is 12.9. The van der Waals surface area contributed by atoms with Gasteiger partial charge in [-0.2, -0.15) is 5.10 Å². The van der Waals surface area contributed by atoms with Crippen LogP contribution in [0.1, 0.15) is 46.7 Å². The second-order valence-corrected chi connectivity index (χ2v) is 5.76. The van der Waals surface area contributed by atoms with Gasteiger partial charge >= 0.3 is 0 Å². The van der Waals surface area contributed by atoms with E-state index in [0.29, 0.717) is 0 Å². The third kappa shape index (κ3) is 4.15. The molecule has 1 heterocycles. The first-order chi connectivity index (χ1) is 7.97. The summed E-state index contributed by atoms with van der Waals surface area (Å²) in [5.74, 6) is 0.722. The molecule has 0 aliphatic heterocycles. The Morgan fingerprint density at radius 2 is 2.12 bits per heavy atom. The molecule has 98 valence electrons. The molecule has 3 nitrogen and oxygen atoms in total. The molecule has 0 radical (unpaired) electrons. The monoisotopic (exact) mass is 237 g/mol. The molecule has 0 unspecified atom stereocenters. The van der Waals surface area contributed by atoms with Gasteiger partial charge in [0.05, 0.1) is 0 Å². The summed E-state index contributed by atoms with van der Waals surface area (Å²) in [6.45, 7) is 14.3. The number of rotatable bonds is 7. The predicted molar refractivity (Wildman–Crippen MR) is 73.3 cm³/mol. The number of hydrogen-bond donors (Lipinski definition) is 1. The predicted octanol–water partition coefficient (Wildman–Crippen LogP) is 2.82. The van der Waals surface area contributed by atoms with Gasteiger partial charge in [0.15, 0.2) is 0 Å². The van der Waals surface area contributed by atoms with E-state index in [9.17, 15) is 0 Å². The van der Waals surface area contributed by atoms with Gasteiger partial charge in [-0.05, 0) is 38.4 Å². The van der Waals surface area contributed by atoms with Crippen molar-refractivity contribution in [3.8, 4) is 0 Å². The number of nitrogens with one attached hydrogen (secondary N) is 1. The van der Waals surface area contributed by atoms with Crippen LogP contribution in [0.5, 0.6) is 0 Å². The summed E-state index contributed by atoms with van der Waals surface area (Å²) in [6.07, 6.45) is 3.05. The van der Waals surface area contributed by atoms with Gasteiger partial charge in [0.1, 0.15) is 0 Å². The van der Waals surface area contributed by atoms with Crippen molar-refractivity contribution in [2.75, 3.05) is 13.1 Å². The van der Waals surface area contributed by atoms with Crippen LogP contribution in [0.25, 0.3) is 0 Å². The molecule has 0 fully saturated rings. The fourth-order valence-electron chi connectivity index (χ4n) is 2.08. The maximum absolute atomic E-state index is 4.35. The van der Waals surface area contributed by atoms with Crippen LogP contribution in [0.3, 0.4) is 0 Å². The molecule has 17 heavy (non-hydrogen) atoms. The summed E-state index contributed by atoms with van der Waals surface area (Å²) in [5, 5.41) is 7.86. The highest BCUT2D eigenvalue weighted by Gasteiger charge is 2.23. The lowest BCUT2D eigenvalue weighted by Gasteiger charge is -2.26. The van der Waals surface area contributed by atoms with Gasteiger partial charge in [0.25, 0.3) is 0 Å². The molecule has 0 aromatic carbocycles. The Morgan fingerprint density at radius 3 is 2.71 bits per heavy atom. The largest absolute Gasteiger partial charge is 0.316 e. The van der Waals surface area contributed by atoms with Crippen LogP contribution in [-0.2, 0) is 12.0 Å². The molecule has 0 saturated heterocycles. The highest BCUT2D eigenvalue weighted by atomic mass is 15.3. The van der Waals surface area contributed by atoms with Crippen molar-refractivity contribution in [2.45, 2.75) is 53.0 Å². The Morgan fingerprint density at radius 1 is 1.41 bits per heavy atom. The maximum atomic E-state index is 4.35. The minimum Gasteiger partial charge on any atom is -0.316 e. The first kappa shape index (κ1) is 14.2. The molecule has 0 aliphatic rings. The highest BCUT2D eigenvalue weighted by Crippen LogP contribution is 2.26. The standard InChI is InChI=1S/C14H27N3/c1-6-17-13(7-9-16-17)14(4,5)8-10-15-11-12(2)3/h7,9,12,15H,6,8,10-11H2,1-5H3. The first-order valence-electron chi connectivity index (χ1n) is 6.70. The lowest BCUT2D eigenvalue weighted by atomic mass is 9.85. The van der Waals surface area contributed by atoms with Crippen LogP contribution in [0.15, 0.2) is 12.3 Å². The smallest absolute Gasteiger partial charge is 0.0492 e. The molecule has 3 heteroatoms. The van der Waals surface area contributed by atoms with Gasteiger partial charge in [0, 0.05) is 23.9 Å². The minimum absolute atomic E-state index is 0.191. The van der Waals surface area contributed by atoms with Crippen LogP contribution < -0.4 is 5.32 Å². The third-order valence-corrected chi connectivity index (χ3v) is 3.19. The van der Waals surface area contributed by atoms with Crippen molar-refractivity contribution in [1.29, 1.82) is 0 Å². The summed E-state index contributed by atoms with van der Waals surface area (Å²) in [6, 6.07) is 2.14. The van der Waals surface area contributed by atoms with Crippen LogP contribution in [-0.4, -0.2) is 22.9 Å². The summed E-state index contributed by atoms with van der Waals surface area (Å²) < 4.78 is 2.10. The minimum atomic E-state index is 0.191. The topological polar surface area (TPSA) is 29.9 Å². The Balaban J connectivity index is 2.50. The van der Waals surface area contributed by atoms with Gasteiger partial charge in [-0.1, -0.05) is 27.7 Å². The van der Waals surface area contributed by atoms with Crippen LogP contribution in [0.2, 0.25) is 0 Å². The lowest BCUT2D eigenvalue weighted by Crippen LogP contribution is -2.29. The van der Waals surface area contributed by atoms with E-state index >= 15 is 0 Å². The van der Waals surface area contributed by atoms with Crippen molar-refractivity contribution in [3.05, 3.63) is 18.0 Å². The Kier molecular flexibility index (Phi) is 5.19. The Hall–Kier alpha value is -0.830. The molecule has 0 saturated carbocycles. The van der Waals surface area contributed by atoms with Gasteiger partial charge in [0.2, 0.25) is 0 Å². The van der Waals surface area contributed by atoms with Crippen molar-refractivity contribution < 1.29 is 0 Å². The maximum Gasteiger partial charge on any atom is 0.0492 e. The number of aryl methyl sites for hydroxylation is 1. The molecule has 0 atom stereocenters. The normalized spacial score (nSPS) is 12.4. The third-order valence-electron chi connectivity index (χ3n) is 3.19. The second-order valence-electron chi connectivity index (χ2n) is 5.76. The van der Waals surface area contributed by atoms with E-state index < -0.39 is 0 Å². The van der Waals surface area contributed by atoms with Crippen LogP contribution in [0.4, 0.5) is 0 Å². The lowest BCUT2D eigenvalue weighted by molar-refractivity contribution is 0.408. The van der Waals surface area contributed by atoms with E-state index in [4.69, 9.17) is 0 Å². The highest BCUT2D eigenvalue weighted by molar-refractivity contribution is 5.13. The van der Waals surface area contributed by atoms with E-state index in [1.54, 1.807) is 0 Å². The number of aromatic nitrogens is 2. The quantitative estimate of drug-likeness (QED) is 0.739. The summed E-state index contributed by atoms with van der Waals surface area (Å²) in [5.41, 5.74) is 1.53. The van der Waals surface area contributed by atoms with E-state index in [0.717, 1.165) is 32.0 Å². The summed E-state index contributed by atoms with van der Waals surface area (Å²) in [7, 11) is 0. The molecule has 0 spiro atoms. The second kappa shape index (κ2) is 6.20. The Bertz CT molecular complexity index is 326. The van der Waals surface area contributed by atoms with Crippen molar-refractivity contribution >= 4 is 0 Å². The first-order valence-corrected chi connectivity index (χ1v) is 6.70. The van der Waals surface area contributed by atoms with Gasteiger partial charge < -0.3 is 5.32 Å². The number of nitrogens with zero attached hydrogens (tertiary/aromatic N) is 2. The summed E-state index contributed by atoms with van der Waals surface area (Å²) >= 11 is 0. The molecule has 0 bridgehead atoms. The molecule has 0 aliphatic carbocycles. The molecule has 1 rings (SSSR count). The SMILES string of the molecule is CCn1nccc1C(C)(C)CCNCC(C)C. The van der Waals surface area contributed by atoms with Gasteiger partial charge in [-0.25, -0.2) is 0 Å². The average Bonchev–Trinajstić information content (AvgIpc) is 2.73. The van der Waals surface area contributed by atoms with Crippen LogP contribution in [0, 0.1) is 5.92 Å². The molecule has 1 aromatic rings. The van der Waals surface area contributed by atoms with E-state index in [1.165, 1.54) is 5.69 Å². The average molecular weight is 237 g/mol. The molecule has 0 amide bonds. The van der Waals surface area contributed by atoms with E-state index in [-0.39, 0.29) is 5.41 Å². The molecule has 1 N–H and O–H groups in total. The van der Waals surface area contributed by atoms with E-state index in [2.05, 4.69) is 55.8 Å². The fraction of sp³-hybridized carbons (Fsp3) is 0.786. The van der Waals surface area contributed by atoms with Crippen molar-refractivity contribution in [3.63, 3.8) is 0 Å². The van der Waals surface area contributed by atoms with Gasteiger partial charge in [-0.15, -0.1) is 0 Å². The molecular weight excluding hydrogens is 210 g/mol. The van der Waals surface area contributed by atoms with E-state index in [1.807, 2.05) is 6.20 Å². The van der Waals surface area contributed by atoms with Crippen molar-refractivity contribution in [1.82, 2.24) is 15.1 Å². The zero-order valence-corrected chi connectivity index (χ0v) is 12.0. The van der Waals surface area contributed by atoms with Crippen LogP contribution >= 0.6 is 0 Å². The molecule has 1 aromatic heterocycles. The zero-order valence-electron chi connectivity index (χ0n) is 12.0. The fourth-order valence-corrected chi connectivity index (χ4v) is 2.08. The summed E-state index contributed by atoms with van der Waals surface area (Å²) in [4.78, 5) is 0. The Labute approximate surface area is 106 Å². The van der Waals surface area contributed by atoms with Crippen molar-refractivity contribution in [2.24, 2.45) is 5.92 Å². The molecular formula is C14H27N3.